The van der Waals surface area contributed by atoms with Gasteiger partial charge in [-0.1, -0.05) is 12.1 Å². The van der Waals surface area contributed by atoms with Crippen molar-refractivity contribution in [1.82, 2.24) is 9.55 Å². The monoisotopic (exact) mass is 611 g/mol. The number of amides is 2. The van der Waals surface area contributed by atoms with E-state index in [1.165, 1.54) is 27.8 Å². The molecule has 1 aliphatic heterocycles. The lowest BCUT2D eigenvalue weighted by atomic mass is 9.97. The third kappa shape index (κ3) is 5.92. The van der Waals surface area contributed by atoms with E-state index in [-0.39, 0.29) is 29.1 Å². The molecule has 1 atom stereocenters. The number of piperidine rings is 1. The molecule has 2 aliphatic rings. The van der Waals surface area contributed by atoms with Crippen LogP contribution in [-0.4, -0.2) is 34.5 Å². The molecule has 44 heavy (non-hydrogen) atoms. The van der Waals surface area contributed by atoms with E-state index < -0.39 is 0 Å². The average Bonchev–Trinajstić information content (AvgIpc) is 3.45. The fourth-order valence-electron chi connectivity index (χ4n) is 6.14. The van der Waals surface area contributed by atoms with Crippen molar-refractivity contribution in [2.45, 2.75) is 45.4 Å². The Morgan fingerprint density at radius 1 is 1.09 bits per heavy atom. The first-order valence-electron chi connectivity index (χ1n) is 15.0. The number of nitrogens with zero attached hydrogens (tertiary/aromatic N) is 3. The summed E-state index contributed by atoms with van der Waals surface area (Å²) in [6.45, 7) is 3.26. The Kier molecular flexibility index (Phi) is 8.13. The molecule has 6 N–H and O–H groups in total. The maximum absolute atomic E-state index is 13.2. The van der Waals surface area contributed by atoms with Gasteiger partial charge in [-0.15, -0.1) is 11.3 Å². The summed E-state index contributed by atoms with van der Waals surface area (Å²) in [6, 6.07) is 13.2. The summed E-state index contributed by atoms with van der Waals surface area (Å²) >= 11 is 1.59. The summed E-state index contributed by atoms with van der Waals surface area (Å²) in [7, 11) is 1.68. The summed E-state index contributed by atoms with van der Waals surface area (Å²) in [5.41, 5.74) is 17.9. The highest BCUT2D eigenvalue weighted by Crippen LogP contribution is 2.33. The highest BCUT2D eigenvalue weighted by atomic mass is 32.1. The minimum Gasteiger partial charge on any atom is -0.397 e. The van der Waals surface area contributed by atoms with Crippen LogP contribution in [0.15, 0.2) is 53.5 Å². The first kappa shape index (κ1) is 29.4. The lowest BCUT2D eigenvalue weighted by Gasteiger charge is -2.33. The second-order valence-corrected chi connectivity index (χ2v) is 12.8. The highest BCUT2D eigenvalue weighted by Gasteiger charge is 2.25. The molecular weight excluding hydrogens is 574 g/mol. The van der Waals surface area contributed by atoms with Crippen LogP contribution in [0.3, 0.4) is 0 Å². The number of benzene rings is 2. The molecule has 6 rings (SSSR count). The quantitative estimate of drug-likeness (QED) is 0.216. The van der Waals surface area contributed by atoms with Gasteiger partial charge < -0.3 is 31.6 Å². The number of hydrogen-bond donors (Lipinski definition) is 4. The third-order valence-corrected chi connectivity index (χ3v) is 9.84. The SMILES string of the molecule is Cc1c(NC(=O)c2cc3c(s2)CCCC3)cccc1-c1cn(C)c(=O)c(Nc2ccc(N3CCCC(C(N)=O)C3)c(N)c2)n1. The van der Waals surface area contributed by atoms with E-state index in [2.05, 4.69) is 15.5 Å². The average molecular weight is 612 g/mol. The molecule has 228 valence electrons. The van der Waals surface area contributed by atoms with Crippen molar-refractivity contribution in [2.75, 3.05) is 34.4 Å². The lowest BCUT2D eigenvalue weighted by molar-refractivity contribution is -0.122. The Hall–Kier alpha value is -4.64. The number of fused-ring (bicyclic) bond motifs is 1. The predicted molar refractivity (Wildman–Crippen MR) is 177 cm³/mol. The second-order valence-electron chi connectivity index (χ2n) is 11.7. The molecule has 0 radical (unpaired) electrons. The van der Waals surface area contributed by atoms with E-state index in [1.54, 1.807) is 30.6 Å². The summed E-state index contributed by atoms with van der Waals surface area (Å²) < 4.78 is 1.49. The fourth-order valence-corrected chi connectivity index (χ4v) is 7.29. The topological polar surface area (TPSA) is 148 Å². The molecule has 2 aromatic carbocycles. The van der Waals surface area contributed by atoms with Crippen molar-refractivity contribution in [1.29, 1.82) is 0 Å². The molecule has 1 fully saturated rings. The van der Waals surface area contributed by atoms with Gasteiger partial charge in [0.05, 0.1) is 27.9 Å². The van der Waals surface area contributed by atoms with Crippen LogP contribution in [0.25, 0.3) is 11.3 Å². The number of thiophene rings is 1. The molecule has 2 aromatic heterocycles. The maximum Gasteiger partial charge on any atom is 0.293 e. The summed E-state index contributed by atoms with van der Waals surface area (Å²) in [6.07, 6.45) is 7.76. The van der Waals surface area contributed by atoms with Crippen LogP contribution in [0.1, 0.15) is 51.4 Å². The smallest absolute Gasteiger partial charge is 0.293 e. The predicted octanol–water partition coefficient (Wildman–Crippen LogP) is 4.98. The molecule has 0 saturated carbocycles. The van der Waals surface area contributed by atoms with Gasteiger partial charge >= 0.3 is 0 Å². The molecule has 0 spiro atoms. The standard InChI is InChI=1S/C33H37N7O3S/c1-19-23(9-5-10-25(19)38-32(42)29-15-20-7-3-4-11-28(20)44-29)26-18-39(2)33(43)31(37-26)36-22-12-13-27(24(34)16-22)40-14-6-8-21(17-40)30(35)41/h5,9-10,12-13,15-16,18,21H,3-4,6-8,11,14,17,34H2,1-2H3,(H2,35,41)(H,36,37)(H,38,42). The molecular formula is C33H37N7O3S. The van der Waals surface area contributed by atoms with E-state index in [9.17, 15) is 14.4 Å². The Balaban J connectivity index is 1.23. The number of carbonyl (C=O) groups is 2. The fraction of sp³-hybridized carbons (Fsp3) is 0.333. The van der Waals surface area contributed by atoms with E-state index in [0.717, 1.165) is 53.9 Å². The molecule has 1 aliphatic carbocycles. The number of carbonyl (C=O) groups excluding carboxylic acids is 2. The molecule has 0 bridgehead atoms. The van der Waals surface area contributed by atoms with E-state index in [1.807, 2.05) is 43.3 Å². The van der Waals surface area contributed by atoms with Crippen molar-refractivity contribution in [2.24, 2.45) is 18.7 Å². The van der Waals surface area contributed by atoms with E-state index in [4.69, 9.17) is 16.5 Å². The maximum atomic E-state index is 13.2. The van der Waals surface area contributed by atoms with Crippen LogP contribution >= 0.6 is 11.3 Å². The molecule has 10 nitrogen and oxygen atoms in total. The highest BCUT2D eigenvalue weighted by molar-refractivity contribution is 7.14. The number of aryl methyl sites for hydroxylation is 3. The van der Waals surface area contributed by atoms with Crippen molar-refractivity contribution in [3.8, 4) is 11.3 Å². The Labute approximate surface area is 260 Å². The zero-order valence-electron chi connectivity index (χ0n) is 25.0. The van der Waals surface area contributed by atoms with Crippen LogP contribution in [-0.2, 0) is 24.7 Å². The molecule has 2 amide bonds. The molecule has 3 heterocycles. The van der Waals surface area contributed by atoms with Gasteiger partial charge in [0.2, 0.25) is 5.91 Å². The lowest BCUT2D eigenvalue weighted by Crippen LogP contribution is -2.41. The van der Waals surface area contributed by atoms with Gasteiger partial charge in [0.25, 0.3) is 11.5 Å². The Morgan fingerprint density at radius 3 is 2.68 bits per heavy atom. The summed E-state index contributed by atoms with van der Waals surface area (Å²) in [5, 5.41) is 6.24. The Morgan fingerprint density at radius 2 is 1.91 bits per heavy atom. The van der Waals surface area contributed by atoms with Crippen LogP contribution in [0, 0.1) is 12.8 Å². The van der Waals surface area contributed by atoms with Gasteiger partial charge in [0, 0.05) is 48.1 Å². The van der Waals surface area contributed by atoms with E-state index >= 15 is 0 Å². The van der Waals surface area contributed by atoms with Crippen molar-refractivity contribution >= 4 is 51.7 Å². The minimum absolute atomic E-state index is 0.115. The van der Waals surface area contributed by atoms with Crippen LogP contribution in [0.2, 0.25) is 0 Å². The van der Waals surface area contributed by atoms with Gasteiger partial charge in [0.1, 0.15) is 0 Å². The van der Waals surface area contributed by atoms with Crippen LogP contribution in [0.4, 0.5) is 28.6 Å². The van der Waals surface area contributed by atoms with Crippen molar-refractivity contribution in [3.63, 3.8) is 0 Å². The van der Waals surface area contributed by atoms with Gasteiger partial charge in [-0.2, -0.15) is 0 Å². The first-order chi connectivity index (χ1) is 21.2. The number of hydrogen-bond acceptors (Lipinski definition) is 8. The number of aromatic nitrogens is 2. The van der Waals surface area contributed by atoms with Crippen molar-refractivity contribution in [3.05, 3.63) is 79.9 Å². The third-order valence-electron chi connectivity index (χ3n) is 8.60. The van der Waals surface area contributed by atoms with Crippen LogP contribution in [0.5, 0.6) is 0 Å². The number of nitrogens with two attached hydrogens (primary N) is 2. The first-order valence-corrected chi connectivity index (χ1v) is 15.8. The summed E-state index contributed by atoms with van der Waals surface area (Å²) in [4.78, 5) is 46.8. The van der Waals surface area contributed by atoms with Crippen LogP contribution < -0.4 is 32.6 Å². The van der Waals surface area contributed by atoms with Gasteiger partial charge in [0.15, 0.2) is 5.82 Å². The molecule has 4 aromatic rings. The number of primary amides is 1. The Bertz CT molecular complexity index is 1790. The number of nitrogens with one attached hydrogen (secondary N) is 2. The molecule has 1 saturated heterocycles. The van der Waals surface area contributed by atoms with Gasteiger partial charge in [-0.3, -0.25) is 14.4 Å². The van der Waals surface area contributed by atoms with Gasteiger partial charge in [-0.05, 0) is 86.9 Å². The number of rotatable bonds is 7. The largest absolute Gasteiger partial charge is 0.397 e. The molecule has 11 heteroatoms. The zero-order chi connectivity index (χ0) is 31.0. The van der Waals surface area contributed by atoms with E-state index in [0.29, 0.717) is 29.3 Å². The van der Waals surface area contributed by atoms with Crippen molar-refractivity contribution < 1.29 is 9.59 Å². The zero-order valence-corrected chi connectivity index (χ0v) is 25.8. The van der Waals surface area contributed by atoms with Gasteiger partial charge in [-0.25, -0.2) is 4.98 Å². The number of nitrogen functional groups attached to an aromatic ring is 1. The normalized spacial score (nSPS) is 16.3. The number of anilines is 5. The molecule has 1 unspecified atom stereocenters. The second kappa shape index (κ2) is 12.2. The summed E-state index contributed by atoms with van der Waals surface area (Å²) in [5.74, 6) is -0.456. The minimum atomic E-state index is -0.294.